The Bertz CT molecular complexity index is 467. The topological polar surface area (TPSA) is 50.3 Å². The average Bonchev–Trinajstić information content (AvgIpc) is 2.77. The molecule has 90 valence electrons. The standard InChI is InChI=1S/C11H10ClIN2O2/c12-7-3-4-14-8(6-7)11(17)15-5-1-2-9(15)10(13)16/h3-4,6,9H,1-2,5H2/t9-/m0/s1. The minimum Gasteiger partial charge on any atom is -0.326 e. The van der Waals surface area contributed by atoms with Crippen molar-refractivity contribution in [2.24, 2.45) is 0 Å². The fraction of sp³-hybridized carbons (Fsp3) is 0.364. The van der Waals surface area contributed by atoms with Crippen LogP contribution in [-0.2, 0) is 4.79 Å². The molecule has 0 bridgehead atoms. The van der Waals surface area contributed by atoms with Gasteiger partial charge in [0.05, 0.1) is 0 Å². The van der Waals surface area contributed by atoms with Crippen molar-refractivity contribution in [3.63, 3.8) is 0 Å². The lowest BCUT2D eigenvalue weighted by molar-refractivity contribution is -0.112. The summed E-state index contributed by atoms with van der Waals surface area (Å²) in [6.45, 7) is 0.604. The predicted octanol–water partition coefficient (Wildman–Crippen LogP) is 2.30. The highest BCUT2D eigenvalue weighted by Gasteiger charge is 2.33. The van der Waals surface area contributed by atoms with Crippen LogP contribution < -0.4 is 0 Å². The molecule has 0 spiro atoms. The molecule has 1 fully saturated rings. The molecule has 17 heavy (non-hydrogen) atoms. The van der Waals surface area contributed by atoms with Crippen molar-refractivity contribution in [1.29, 1.82) is 0 Å². The number of likely N-dealkylation sites (tertiary alicyclic amines) is 1. The Morgan fingerprint density at radius 1 is 1.53 bits per heavy atom. The van der Waals surface area contributed by atoms with E-state index in [9.17, 15) is 9.59 Å². The van der Waals surface area contributed by atoms with E-state index in [1.165, 1.54) is 12.3 Å². The Morgan fingerprint density at radius 2 is 2.29 bits per heavy atom. The average molecular weight is 365 g/mol. The van der Waals surface area contributed by atoms with E-state index in [-0.39, 0.29) is 15.7 Å². The van der Waals surface area contributed by atoms with E-state index >= 15 is 0 Å². The lowest BCUT2D eigenvalue weighted by atomic mass is 10.2. The number of aromatic nitrogens is 1. The zero-order valence-electron chi connectivity index (χ0n) is 8.90. The summed E-state index contributed by atoms with van der Waals surface area (Å²) >= 11 is 7.56. The summed E-state index contributed by atoms with van der Waals surface area (Å²) < 4.78 is -0.00419. The van der Waals surface area contributed by atoms with Crippen LogP contribution in [0.3, 0.4) is 0 Å². The second-order valence-electron chi connectivity index (χ2n) is 3.82. The summed E-state index contributed by atoms with van der Waals surface area (Å²) in [7, 11) is 0. The van der Waals surface area contributed by atoms with Gasteiger partial charge in [-0.2, -0.15) is 0 Å². The van der Waals surface area contributed by atoms with Crippen LogP contribution in [0.5, 0.6) is 0 Å². The van der Waals surface area contributed by atoms with Crippen molar-refractivity contribution in [2.45, 2.75) is 18.9 Å². The third-order valence-corrected chi connectivity index (χ3v) is 3.67. The summed E-state index contributed by atoms with van der Waals surface area (Å²) in [5, 5.41) is 0.472. The van der Waals surface area contributed by atoms with Gasteiger partial charge >= 0.3 is 0 Å². The molecule has 0 unspecified atom stereocenters. The maximum Gasteiger partial charge on any atom is 0.273 e. The van der Waals surface area contributed by atoms with Gasteiger partial charge in [0.15, 0.2) is 0 Å². The highest BCUT2D eigenvalue weighted by molar-refractivity contribution is 14.1. The summed E-state index contributed by atoms with van der Waals surface area (Å²) in [6, 6.07) is 2.82. The Kier molecular flexibility index (Phi) is 3.98. The quantitative estimate of drug-likeness (QED) is 0.598. The number of pyridine rings is 1. The SMILES string of the molecule is O=C(I)[C@@H]1CCCN1C(=O)c1cc(Cl)ccn1. The zero-order chi connectivity index (χ0) is 12.4. The van der Waals surface area contributed by atoms with E-state index in [2.05, 4.69) is 4.98 Å². The number of carbonyl (C=O) groups is 2. The summed E-state index contributed by atoms with van der Waals surface area (Å²) in [4.78, 5) is 29.1. The molecule has 0 aliphatic carbocycles. The fourth-order valence-corrected chi connectivity index (χ4v) is 2.72. The Balaban J connectivity index is 2.23. The van der Waals surface area contributed by atoms with Gasteiger partial charge in [-0.1, -0.05) is 11.6 Å². The second kappa shape index (κ2) is 5.30. The van der Waals surface area contributed by atoms with Crippen LogP contribution in [-0.4, -0.2) is 32.2 Å². The minimum atomic E-state index is -0.316. The molecular weight excluding hydrogens is 354 g/mol. The molecule has 1 aliphatic heterocycles. The molecule has 2 heterocycles. The number of carbonyl (C=O) groups excluding carboxylic acids is 2. The molecule has 1 amide bonds. The van der Waals surface area contributed by atoms with E-state index in [1.807, 2.05) is 0 Å². The van der Waals surface area contributed by atoms with Gasteiger partial charge in [0, 0.05) is 40.4 Å². The number of amides is 1. The van der Waals surface area contributed by atoms with E-state index < -0.39 is 0 Å². The van der Waals surface area contributed by atoms with Gasteiger partial charge in [0.25, 0.3) is 5.91 Å². The smallest absolute Gasteiger partial charge is 0.273 e. The number of hydrogen-bond donors (Lipinski definition) is 0. The fourth-order valence-electron chi connectivity index (χ4n) is 1.91. The van der Waals surface area contributed by atoms with Gasteiger partial charge in [-0.15, -0.1) is 0 Å². The van der Waals surface area contributed by atoms with Crippen molar-refractivity contribution in [2.75, 3.05) is 6.54 Å². The normalized spacial score (nSPS) is 19.4. The molecule has 4 nitrogen and oxygen atoms in total. The Morgan fingerprint density at radius 3 is 2.94 bits per heavy atom. The number of rotatable bonds is 2. The van der Waals surface area contributed by atoms with Crippen molar-refractivity contribution < 1.29 is 9.59 Å². The van der Waals surface area contributed by atoms with Gasteiger partial charge in [-0.05, 0) is 25.0 Å². The second-order valence-corrected chi connectivity index (χ2v) is 5.32. The molecule has 0 saturated carbocycles. The molecule has 1 aliphatic rings. The van der Waals surface area contributed by atoms with Crippen LogP contribution >= 0.6 is 34.2 Å². The van der Waals surface area contributed by atoms with E-state index in [0.717, 1.165) is 12.8 Å². The van der Waals surface area contributed by atoms with Crippen LogP contribution in [0.25, 0.3) is 0 Å². The maximum absolute atomic E-state index is 12.2. The lowest BCUT2D eigenvalue weighted by Crippen LogP contribution is -2.39. The van der Waals surface area contributed by atoms with Gasteiger partial charge in [-0.25, -0.2) is 0 Å². The largest absolute Gasteiger partial charge is 0.326 e. The number of hydrogen-bond acceptors (Lipinski definition) is 3. The van der Waals surface area contributed by atoms with Gasteiger partial charge in [-0.3, -0.25) is 14.6 Å². The summed E-state index contributed by atoms with van der Waals surface area (Å²) in [6.07, 6.45) is 3.08. The van der Waals surface area contributed by atoms with Crippen LogP contribution in [0.1, 0.15) is 23.3 Å². The highest BCUT2D eigenvalue weighted by Crippen LogP contribution is 2.22. The first-order chi connectivity index (χ1) is 8.09. The molecule has 2 rings (SSSR count). The van der Waals surface area contributed by atoms with Crippen LogP contribution in [0, 0.1) is 0 Å². The molecule has 1 aromatic rings. The van der Waals surface area contributed by atoms with E-state index in [4.69, 9.17) is 11.6 Å². The van der Waals surface area contributed by atoms with E-state index in [1.54, 1.807) is 33.6 Å². The predicted molar refractivity (Wildman–Crippen MR) is 72.3 cm³/mol. The third kappa shape index (κ3) is 2.77. The van der Waals surface area contributed by atoms with Crippen molar-refractivity contribution >= 4 is 43.9 Å². The summed E-state index contributed by atoms with van der Waals surface area (Å²) in [5.41, 5.74) is 0.294. The Hall–Kier alpha value is -0.690. The molecule has 0 aromatic carbocycles. The number of nitrogens with zero attached hydrogens (tertiary/aromatic N) is 2. The third-order valence-electron chi connectivity index (χ3n) is 2.72. The van der Waals surface area contributed by atoms with Crippen molar-refractivity contribution in [1.82, 2.24) is 9.88 Å². The van der Waals surface area contributed by atoms with Crippen molar-refractivity contribution in [3.05, 3.63) is 29.0 Å². The molecule has 0 radical (unpaired) electrons. The first-order valence-corrected chi connectivity index (χ1v) is 6.67. The molecule has 1 aromatic heterocycles. The summed E-state index contributed by atoms with van der Waals surface area (Å²) in [5.74, 6) is -0.222. The molecule has 0 N–H and O–H groups in total. The first kappa shape index (κ1) is 12.8. The molecule has 1 atom stereocenters. The van der Waals surface area contributed by atoms with Crippen molar-refractivity contribution in [3.8, 4) is 0 Å². The van der Waals surface area contributed by atoms with Gasteiger partial charge in [0.1, 0.15) is 11.7 Å². The molecule has 6 heteroatoms. The monoisotopic (exact) mass is 364 g/mol. The number of halogens is 2. The van der Waals surface area contributed by atoms with Gasteiger partial charge in [0.2, 0.25) is 3.79 Å². The van der Waals surface area contributed by atoms with Gasteiger partial charge < -0.3 is 4.90 Å². The molecule has 1 saturated heterocycles. The maximum atomic E-state index is 12.2. The van der Waals surface area contributed by atoms with Crippen LogP contribution in [0.2, 0.25) is 5.02 Å². The Labute approximate surface area is 117 Å². The minimum absolute atomic E-state index is 0.00419. The molecular formula is C11H10ClIN2O2. The lowest BCUT2D eigenvalue weighted by Gasteiger charge is -2.21. The first-order valence-electron chi connectivity index (χ1n) is 5.21. The van der Waals surface area contributed by atoms with Crippen LogP contribution in [0.15, 0.2) is 18.3 Å². The van der Waals surface area contributed by atoms with E-state index in [0.29, 0.717) is 17.3 Å². The highest BCUT2D eigenvalue weighted by atomic mass is 127. The zero-order valence-corrected chi connectivity index (χ0v) is 11.8. The van der Waals surface area contributed by atoms with Crippen LogP contribution in [0.4, 0.5) is 0 Å².